The van der Waals surface area contributed by atoms with Gasteiger partial charge in [0.15, 0.2) is 5.82 Å². The highest BCUT2D eigenvalue weighted by molar-refractivity contribution is 7.09. The van der Waals surface area contributed by atoms with E-state index in [0.29, 0.717) is 25.1 Å². The van der Waals surface area contributed by atoms with Crippen LogP contribution in [0, 0.1) is 5.82 Å². The molecule has 1 atom stereocenters. The molecule has 0 aliphatic rings. The van der Waals surface area contributed by atoms with Crippen LogP contribution in [0.25, 0.3) is 0 Å². The minimum Gasteiger partial charge on any atom is -0.385 e. The first-order valence-electron chi connectivity index (χ1n) is 6.92. The fourth-order valence-corrected chi connectivity index (χ4v) is 2.98. The number of aryl methyl sites for hydroxylation is 1. The van der Waals surface area contributed by atoms with Gasteiger partial charge in [0.1, 0.15) is 18.2 Å². The molecule has 0 aliphatic heterocycles. The van der Waals surface area contributed by atoms with E-state index in [-0.39, 0.29) is 5.82 Å². The normalized spacial score (nSPS) is 12.5. The second-order valence-electron chi connectivity index (χ2n) is 4.95. The van der Waals surface area contributed by atoms with Crippen LogP contribution in [0.5, 0.6) is 0 Å². The molecule has 1 unspecified atom stereocenters. The lowest BCUT2D eigenvalue weighted by Crippen LogP contribution is -2.02. The summed E-state index contributed by atoms with van der Waals surface area (Å²) < 4.78 is 12.9. The lowest BCUT2D eigenvalue weighted by Gasteiger charge is -2.04. The maximum absolute atomic E-state index is 12.9. The molecule has 0 fully saturated rings. The van der Waals surface area contributed by atoms with Gasteiger partial charge in [-0.3, -0.25) is 5.10 Å². The number of thiazole rings is 1. The molecule has 0 aliphatic carbocycles. The van der Waals surface area contributed by atoms with Crippen molar-refractivity contribution in [2.24, 2.45) is 0 Å². The zero-order valence-electron chi connectivity index (χ0n) is 11.7. The maximum Gasteiger partial charge on any atom is 0.178 e. The monoisotopic (exact) mass is 318 g/mol. The van der Waals surface area contributed by atoms with Gasteiger partial charge in [0.05, 0.1) is 10.7 Å². The van der Waals surface area contributed by atoms with Crippen LogP contribution in [-0.4, -0.2) is 25.3 Å². The smallest absolute Gasteiger partial charge is 0.178 e. The fraction of sp³-hybridized carbons (Fsp3) is 0.267. The van der Waals surface area contributed by atoms with E-state index in [1.54, 1.807) is 23.5 Å². The molecule has 0 amide bonds. The van der Waals surface area contributed by atoms with Gasteiger partial charge in [0.25, 0.3) is 0 Å². The van der Waals surface area contributed by atoms with E-state index in [1.165, 1.54) is 18.5 Å². The van der Waals surface area contributed by atoms with Crippen molar-refractivity contribution < 1.29 is 9.50 Å². The summed E-state index contributed by atoms with van der Waals surface area (Å²) in [6.45, 7) is 0. The highest BCUT2D eigenvalue weighted by atomic mass is 32.1. The van der Waals surface area contributed by atoms with Crippen molar-refractivity contribution in [2.45, 2.75) is 25.4 Å². The molecule has 3 rings (SSSR count). The van der Waals surface area contributed by atoms with Crippen molar-refractivity contribution in [3.63, 3.8) is 0 Å². The van der Waals surface area contributed by atoms with E-state index >= 15 is 0 Å². The summed E-state index contributed by atoms with van der Waals surface area (Å²) in [5.41, 5.74) is 1.97. The number of nitrogens with one attached hydrogen (secondary N) is 1. The largest absolute Gasteiger partial charge is 0.385 e. The molecular weight excluding hydrogens is 303 g/mol. The Balaban J connectivity index is 1.56. The lowest BCUT2D eigenvalue weighted by atomic mass is 10.1. The van der Waals surface area contributed by atoms with E-state index in [1.807, 2.05) is 5.38 Å². The van der Waals surface area contributed by atoms with Crippen LogP contribution < -0.4 is 0 Å². The predicted octanol–water partition coefficient (Wildman–Crippen LogP) is 2.66. The Bertz CT molecular complexity index is 711. The molecule has 0 radical (unpaired) electrons. The molecule has 3 aromatic rings. The molecule has 0 bridgehead atoms. The quantitative estimate of drug-likeness (QED) is 0.733. The molecule has 1 aromatic carbocycles. The Morgan fingerprint density at radius 2 is 2.09 bits per heavy atom. The van der Waals surface area contributed by atoms with Gasteiger partial charge in [-0.25, -0.2) is 14.4 Å². The number of hydrogen-bond acceptors (Lipinski definition) is 5. The summed E-state index contributed by atoms with van der Waals surface area (Å²) in [7, 11) is 0. The average molecular weight is 318 g/mol. The van der Waals surface area contributed by atoms with Gasteiger partial charge in [0, 0.05) is 11.8 Å². The predicted molar refractivity (Wildman–Crippen MR) is 81.0 cm³/mol. The summed E-state index contributed by atoms with van der Waals surface area (Å²) in [6, 6.07) is 6.45. The molecule has 22 heavy (non-hydrogen) atoms. The fourth-order valence-electron chi connectivity index (χ4n) is 2.11. The van der Waals surface area contributed by atoms with Crippen LogP contribution >= 0.6 is 11.3 Å². The summed E-state index contributed by atoms with van der Waals surface area (Å²) >= 11 is 1.57. The van der Waals surface area contributed by atoms with Crippen LogP contribution in [-0.2, 0) is 12.8 Å². The topological polar surface area (TPSA) is 74.7 Å². The van der Waals surface area contributed by atoms with Crippen molar-refractivity contribution >= 4 is 11.3 Å². The summed E-state index contributed by atoms with van der Waals surface area (Å²) in [4.78, 5) is 8.48. The number of hydrogen-bond donors (Lipinski definition) is 2. The van der Waals surface area contributed by atoms with Crippen LogP contribution in [0.3, 0.4) is 0 Å². The third-order valence-corrected chi connectivity index (χ3v) is 4.17. The third kappa shape index (κ3) is 3.75. The maximum atomic E-state index is 12.9. The van der Waals surface area contributed by atoms with Gasteiger partial charge in [-0.2, -0.15) is 5.10 Å². The standard InChI is InChI=1S/C15H15FN4OS/c16-11-3-1-10(2-4-11)7-14-19-12(8-22-14)5-6-13(21)15-17-9-18-20-15/h1-4,8-9,13,21H,5-7H2,(H,17,18,20). The second-order valence-corrected chi connectivity index (χ2v) is 5.89. The highest BCUT2D eigenvalue weighted by Gasteiger charge is 2.12. The Morgan fingerprint density at radius 1 is 1.27 bits per heavy atom. The minimum absolute atomic E-state index is 0.232. The number of aromatic nitrogens is 4. The zero-order valence-corrected chi connectivity index (χ0v) is 12.6. The van der Waals surface area contributed by atoms with E-state index in [4.69, 9.17) is 0 Å². The van der Waals surface area contributed by atoms with Crippen molar-refractivity contribution in [3.8, 4) is 0 Å². The van der Waals surface area contributed by atoms with Crippen molar-refractivity contribution in [3.05, 3.63) is 63.9 Å². The Kier molecular flexibility index (Phi) is 4.55. The summed E-state index contributed by atoms with van der Waals surface area (Å²) in [6.07, 6.45) is 2.64. The van der Waals surface area contributed by atoms with Gasteiger partial charge in [-0.05, 0) is 30.5 Å². The van der Waals surface area contributed by atoms with Gasteiger partial charge in [-0.15, -0.1) is 11.3 Å². The summed E-state index contributed by atoms with van der Waals surface area (Å²) in [5.74, 6) is 0.173. The number of halogens is 1. The molecule has 0 spiro atoms. The first kappa shape index (κ1) is 14.8. The van der Waals surface area contributed by atoms with Crippen LogP contribution in [0.2, 0.25) is 0 Å². The number of aromatic amines is 1. The molecule has 2 N–H and O–H groups in total. The summed E-state index contributed by atoms with van der Waals surface area (Å²) in [5, 5.41) is 19.3. The van der Waals surface area contributed by atoms with Crippen LogP contribution in [0.4, 0.5) is 4.39 Å². The Morgan fingerprint density at radius 3 is 2.82 bits per heavy atom. The van der Waals surface area contributed by atoms with Gasteiger partial charge < -0.3 is 5.11 Å². The van der Waals surface area contributed by atoms with Gasteiger partial charge in [-0.1, -0.05) is 12.1 Å². The molecular formula is C15H15FN4OS. The van der Waals surface area contributed by atoms with Gasteiger partial charge >= 0.3 is 0 Å². The number of nitrogens with zero attached hydrogens (tertiary/aromatic N) is 3. The number of aliphatic hydroxyl groups excluding tert-OH is 1. The molecule has 0 saturated carbocycles. The molecule has 114 valence electrons. The molecule has 5 nitrogen and oxygen atoms in total. The van der Waals surface area contributed by atoms with Crippen LogP contribution in [0.15, 0.2) is 36.0 Å². The van der Waals surface area contributed by atoms with Crippen molar-refractivity contribution in [2.75, 3.05) is 0 Å². The molecule has 2 heterocycles. The number of aliphatic hydroxyl groups is 1. The first-order chi connectivity index (χ1) is 10.7. The van der Waals surface area contributed by atoms with Gasteiger partial charge in [0.2, 0.25) is 0 Å². The van der Waals surface area contributed by atoms with Crippen molar-refractivity contribution in [1.29, 1.82) is 0 Å². The molecule has 2 aromatic heterocycles. The molecule has 7 heteroatoms. The molecule has 0 saturated heterocycles. The highest BCUT2D eigenvalue weighted by Crippen LogP contribution is 2.19. The lowest BCUT2D eigenvalue weighted by molar-refractivity contribution is 0.158. The SMILES string of the molecule is OC(CCc1csc(Cc2ccc(F)cc2)n1)c1nc[nH]n1. The Hall–Kier alpha value is -2.12. The zero-order chi connectivity index (χ0) is 15.4. The third-order valence-electron chi connectivity index (χ3n) is 3.27. The average Bonchev–Trinajstić information content (AvgIpc) is 3.19. The minimum atomic E-state index is -0.687. The van der Waals surface area contributed by atoms with Crippen molar-refractivity contribution in [1.82, 2.24) is 20.2 Å². The van der Waals surface area contributed by atoms with E-state index in [2.05, 4.69) is 20.2 Å². The number of rotatable bonds is 6. The first-order valence-corrected chi connectivity index (χ1v) is 7.80. The van der Waals surface area contributed by atoms with E-state index < -0.39 is 6.10 Å². The van der Waals surface area contributed by atoms with Crippen LogP contribution in [0.1, 0.15) is 34.6 Å². The Labute approximate surface area is 130 Å². The number of benzene rings is 1. The van der Waals surface area contributed by atoms with E-state index in [9.17, 15) is 9.50 Å². The van der Waals surface area contributed by atoms with E-state index in [0.717, 1.165) is 16.3 Å². The second kappa shape index (κ2) is 6.76. The number of H-pyrrole nitrogens is 1.